The summed E-state index contributed by atoms with van der Waals surface area (Å²) in [5.74, 6) is -0.0787. The molecular weight excluding hydrogens is 394 g/mol. The number of halogens is 1. The van der Waals surface area contributed by atoms with E-state index in [2.05, 4.69) is 4.98 Å². The highest BCUT2D eigenvalue weighted by molar-refractivity contribution is 7.13. The second-order valence-corrected chi connectivity index (χ2v) is 9.67. The van der Waals surface area contributed by atoms with Crippen LogP contribution in [0.2, 0.25) is 5.02 Å². The number of thiazole rings is 1. The summed E-state index contributed by atoms with van der Waals surface area (Å²) in [6, 6.07) is 7.42. The van der Waals surface area contributed by atoms with Crippen LogP contribution in [0.25, 0.3) is 10.6 Å². The summed E-state index contributed by atoms with van der Waals surface area (Å²) in [4.78, 5) is 31.7. The fourth-order valence-electron chi connectivity index (χ4n) is 4.39. The van der Waals surface area contributed by atoms with Crippen LogP contribution in [-0.2, 0) is 4.79 Å². The van der Waals surface area contributed by atoms with Crippen molar-refractivity contribution in [3.63, 3.8) is 0 Å². The third kappa shape index (κ3) is 3.35. The van der Waals surface area contributed by atoms with E-state index < -0.39 is 5.41 Å². The molecule has 146 valence electrons. The quantitative estimate of drug-likeness (QED) is 0.799. The number of hydrogen-bond donors (Lipinski definition) is 1. The Kier molecular flexibility index (Phi) is 4.59. The maximum atomic E-state index is 13.0. The molecule has 1 atom stereocenters. The summed E-state index contributed by atoms with van der Waals surface area (Å²) in [6.07, 6.45) is 3.40. The van der Waals surface area contributed by atoms with Crippen LogP contribution in [0.15, 0.2) is 41.4 Å². The van der Waals surface area contributed by atoms with Crippen LogP contribution in [0, 0.1) is 10.8 Å². The molecule has 0 unspecified atom stereocenters. The van der Waals surface area contributed by atoms with Crippen molar-refractivity contribution in [3.05, 3.63) is 52.1 Å². The zero-order valence-electron chi connectivity index (χ0n) is 15.9. The number of amides is 1. The molecule has 2 aromatic rings. The molecule has 2 heterocycles. The largest absolute Gasteiger partial charge is 0.396 e. The van der Waals surface area contributed by atoms with Gasteiger partial charge in [-0.1, -0.05) is 37.6 Å². The van der Waals surface area contributed by atoms with E-state index in [9.17, 15) is 9.59 Å². The van der Waals surface area contributed by atoms with Crippen molar-refractivity contribution in [2.45, 2.75) is 26.7 Å². The SMILES string of the molecule is CC1(C)C[C@]2(C=C(N)C1=O)CCN(C(=O)c1csc(-c3ccc(Cl)cc3)n1)C2. The minimum atomic E-state index is -0.500. The molecule has 1 aromatic heterocycles. The van der Waals surface area contributed by atoms with Gasteiger partial charge in [0.1, 0.15) is 10.7 Å². The number of carbonyl (C=O) groups excluding carboxylic acids is 2. The first kappa shape index (κ1) is 19.2. The third-order valence-electron chi connectivity index (χ3n) is 5.62. The standard InChI is InChI=1S/C21H22ClN3O2S/c1-20(2)11-21(9-15(23)17(20)26)7-8-25(12-21)19(27)16-10-28-18(24-16)13-3-5-14(22)6-4-13/h3-6,9-10H,7-8,11-12,23H2,1-2H3/t21-/m1/s1. The first-order chi connectivity index (χ1) is 13.2. The Hall–Kier alpha value is -2.18. The number of ketones is 1. The predicted octanol–water partition coefficient (Wildman–Crippen LogP) is 4.14. The summed E-state index contributed by atoms with van der Waals surface area (Å²) in [6.45, 7) is 5.07. The van der Waals surface area contributed by atoms with Crippen LogP contribution in [0.3, 0.4) is 0 Å². The minimum absolute atomic E-state index is 0.00462. The lowest BCUT2D eigenvalue weighted by atomic mass is 9.65. The molecule has 2 aliphatic rings. The number of benzene rings is 1. The molecule has 5 nitrogen and oxygen atoms in total. The number of rotatable bonds is 2. The number of nitrogens with two attached hydrogens (primary N) is 1. The van der Waals surface area contributed by atoms with E-state index in [0.717, 1.165) is 17.0 Å². The number of Topliss-reactive ketones (excluding diaryl/α,β-unsaturated/α-hetero) is 1. The molecule has 0 bridgehead atoms. The fourth-order valence-corrected chi connectivity index (χ4v) is 5.31. The highest BCUT2D eigenvalue weighted by atomic mass is 35.5. The second kappa shape index (κ2) is 6.71. The Morgan fingerprint density at radius 2 is 2.00 bits per heavy atom. The highest BCUT2D eigenvalue weighted by Gasteiger charge is 2.48. The lowest BCUT2D eigenvalue weighted by Gasteiger charge is -2.39. The topological polar surface area (TPSA) is 76.3 Å². The molecule has 1 aliphatic heterocycles. The molecule has 4 rings (SSSR count). The summed E-state index contributed by atoms with van der Waals surface area (Å²) in [5, 5.41) is 3.26. The van der Waals surface area contributed by atoms with Gasteiger partial charge < -0.3 is 10.6 Å². The van der Waals surface area contributed by atoms with Gasteiger partial charge in [0.2, 0.25) is 0 Å². The van der Waals surface area contributed by atoms with Crippen LogP contribution in [0.1, 0.15) is 37.2 Å². The Labute approximate surface area is 173 Å². The van der Waals surface area contributed by atoms with Crippen molar-refractivity contribution in [1.82, 2.24) is 9.88 Å². The Bertz CT molecular complexity index is 980. The van der Waals surface area contributed by atoms with Crippen molar-refractivity contribution in [1.29, 1.82) is 0 Å². The molecule has 28 heavy (non-hydrogen) atoms. The average Bonchev–Trinajstić information content (AvgIpc) is 3.27. The van der Waals surface area contributed by atoms with E-state index in [1.165, 1.54) is 11.3 Å². The molecule has 1 saturated heterocycles. The zero-order chi connectivity index (χ0) is 20.1. The van der Waals surface area contributed by atoms with Crippen LogP contribution in [0.4, 0.5) is 0 Å². The number of allylic oxidation sites excluding steroid dienone is 1. The normalized spacial score (nSPS) is 23.9. The van der Waals surface area contributed by atoms with Gasteiger partial charge in [-0.25, -0.2) is 4.98 Å². The molecule has 2 N–H and O–H groups in total. The predicted molar refractivity (Wildman–Crippen MR) is 111 cm³/mol. The first-order valence-corrected chi connectivity index (χ1v) is 10.5. The lowest BCUT2D eigenvalue weighted by molar-refractivity contribution is -0.125. The average molecular weight is 416 g/mol. The van der Waals surface area contributed by atoms with E-state index in [1.54, 1.807) is 5.38 Å². The minimum Gasteiger partial charge on any atom is -0.396 e. The maximum Gasteiger partial charge on any atom is 0.273 e. The van der Waals surface area contributed by atoms with E-state index >= 15 is 0 Å². The van der Waals surface area contributed by atoms with Crippen molar-refractivity contribution >= 4 is 34.6 Å². The summed E-state index contributed by atoms with van der Waals surface area (Å²) < 4.78 is 0. The van der Waals surface area contributed by atoms with E-state index in [-0.39, 0.29) is 17.1 Å². The van der Waals surface area contributed by atoms with Crippen molar-refractivity contribution in [3.8, 4) is 10.6 Å². The number of aromatic nitrogens is 1. The fraction of sp³-hybridized carbons (Fsp3) is 0.381. The molecule has 1 aliphatic carbocycles. The molecule has 1 fully saturated rings. The van der Waals surface area contributed by atoms with Gasteiger partial charge in [0.15, 0.2) is 5.78 Å². The van der Waals surface area contributed by atoms with E-state index in [4.69, 9.17) is 17.3 Å². The lowest BCUT2D eigenvalue weighted by Crippen LogP contribution is -2.42. The van der Waals surface area contributed by atoms with Crippen LogP contribution in [0.5, 0.6) is 0 Å². The smallest absolute Gasteiger partial charge is 0.273 e. The van der Waals surface area contributed by atoms with Crippen molar-refractivity contribution in [2.75, 3.05) is 13.1 Å². The van der Waals surface area contributed by atoms with Gasteiger partial charge in [-0.15, -0.1) is 11.3 Å². The monoisotopic (exact) mass is 415 g/mol. The summed E-state index contributed by atoms with van der Waals surface area (Å²) in [7, 11) is 0. The van der Waals surface area contributed by atoms with E-state index in [1.807, 2.05) is 49.1 Å². The number of nitrogens with zero attached hydrogens (tertiary/aromatic N) is 2. The van der Waals surface area contributed by atoms with Crippen LogP contribution < -0.4 is 5.73 Å². The van der Waals surface area contributed by atoms with Crippen molar-refractivity contribution < 1.29 is 9.59 Å². The Balaban J connectivity index is 1.53. The number of hydrogen-bond acceptors (Lipinski definition) is 5. The molecule has 1 aromatic carbocycles. The van der Waals surface area contributed by atoms with Crippen molar-refractivity contribution in [2.24, 2.45) is 16.6 Å². The van der Waals surface area contributed by atoms with Gasteiger partial charge in [0.25, 0.3) is 5.91 Å². The van der Waals surface area contributed by atoms with Crippen LogP contribution >= 0.6 is 22.9 Å². The van der Waals surface area contributed by atoms with Gasteiger partial charge in [0, 0.05) is 39.9 Å². The number of carbonyl (C=O) groups is 2. The van der Waals surface area contributed by atoms with E-state index in [0.29, 0.717) is 35.9 Å². The summed E-state index contributed by atoms with van der Waals surface area (Å²) >= 11 is 7.38. The Morgan fingerprint density at radius 3 is 2.68 bits per heavy atom. The zero-order valence-corrected chi connectivity index (χ0v) is 17.4. The van der Waals surface area contributed by atoms with Gasteiger partial charge in [-0.05, 0) is 31.1 Å². The van der Waals surface area contributed by atoms with Gasteiger partial charge in [0.05, 0.1) is 5.70 Å². The summed E-state index contributed by atoms with van der Waals surface area (Å²) in [5.41, 5.74) is 6.99. The molecule has 7 heteroatoms. The van der Waals surface area contributed by atoms with Gasteiger partial charge in [-0.2, -0.15) is 0 Å². The maximum absolute atomic E-state index is 13.0. The molecule has 0 saturated carbocycles. The molecule has 0 radical (unpaired) electrons. The first-order valence-electron chi connectivity index (χ1n) is 9.23. The third-order valence-corrected chi connectivity index (χ3v) is 6.76. The molecular formula is C21H22ClN3O2S. The Morgan fingerprint density at radius 1 is 1.29 bits per heavy atom. The molecule has 1 spiro atoms. The van der Waals surface area contributed by atoms with Gasteiger partial charge in [-0.3, -0.25) is 9.59 Å². The highest BCUT2D eigenvalue weighted by Crippen LogP contribution is 2.47. The molecule has 1 amide bonds. The second-order valence-electron chi connectivity index (χ2n) is 8.37. The van der Waals surface area contributed by atoms with Gasteiger partial charge >= 0.3 is 0 Å². The number of likely N-dealkylation sites (tertiary alicyclic amines) is 1. The van der Waals surface area contributed by atoms with Crippen LogP contribution in [-0.4, -0.2) is 34.7 Å².